The maximum absolute atomic E-state index is 13.7. The molecular weight excluding hydrogens is 261 g/mol. The summed E-state index contributed by atoms with van der Waals surface area (Å²) in [6.45, 7) is 4.32. The van der Waals surface area contributed by atoms with Crippen molar-refractivity contribution in [2.75, 3.05) is 11.9 Å². The number of hydrogen-bond donors (Lipinski definition) is 1. The number of nitrogens with two attached hydrogens (primary N) is 1. The van der Waals surface area contributed by atoms with Gasteiger partial charge in [0.25, 0.3) is 0 Å². The number of halogens is 1. The molecule has 0 saturated heterocycles. The highest BCUT2D eigenvalue weighted by Gasteiger charge is 2.14. The molecule has 3 nitrogen and oxygen atoms in total. The van der Waals surface area contributed by atoms with Gasteiger partial charge in [-0.1, -0.05) is 0 Å². The van der Waals surface area contributed by atoms with Crippen LogP contribution in [0.5, 0.6) is 0 Å². The molecule has 1 atom stereocenters. The third-order valence-electron chi connectivity index (χ3n) is 3.09. The van der Waals surface area contributed by atoms with E-state index in [1.165, 1.54) is 6.07 Å². The Balaban J connectivity index is 2.34. The van der Waals surface area contributed by atoms with Crippen LogP contribution in [0.4, 0.5) is 10.1 Å². The third kappa shape index (κ3) is 3.11. The quantitative estimate of drug-likeness (QED) is 0.934. The van der Waals surface area contributed by atoms with Crippen molar-refractivity contribution in [3.8, 4) is 0 Å². The minimum absolute atomic E-state index is 0.206. The summed E-state index contributed by atoms with van der Waals surface area (Å²) < 4.78 is 13.7. The van der Waals surface area contributed by atoms with E-state index in [1.54, 1.807) is 18.3 Å². The van der Waals surface area contributed by atoms with E-state index in [2.05, 4.69) is 9.88 Å². The van der Waals surface area contributed by atoms with Gasteiger partial charge in [0.15, 0.2) is 0 Å². The van der Waals surface area contributed by atoms with E-state index in [4.69, 9.17) is 5.73 Å². The predicted molar refractivity (Wildman–Crippen MR) is 78.0 cm³/mol. The van der Waals surface area contributed by atoms with E-state index in [9.17, 15) is 4.39 Å². The van der Waals surface area contributed by atoms with Gasteiger partial charge in [0.2, 0.25) is 0 Å². The van der Waals surface area contributed by atoms with Gasteiger partial charge < -0.3 is 10.6 Å². The lowest BCUT2D eigenvalue weighted by molar-refractivity contribution is 0.612. The van der Waals surface area contributed by atoms with Crippen molar-refractivity contribution in [1.29, 1.82) is 0 Å². The Kier molecular flexibility index (Phi) is 4.17. The molecule has 2 N–H and O–H groups in total. The number of benzene rings is 1. The minimum atomic E-state index is -0.210. The summed E-state index contributed by atoms with van der Waals surface area (Å²) in [5.74, 6) is -0.210. The summed E-state index contributed by atoms with van der Waals surface area (Å²) in [6.07, 6.45) is 0. The van der Waals surface area contributed by atoms with Crippen LogP contribution < -0.4 is 10.6 Å². The Morgan fingerprint density at radius 2 is 2.21 bits per heavy atom. The van der Waals surface area contributed by atoms with E-state index in [-0.39, 0.29) is 11.9 Å². The highest BCUT2D eigenvalue weighted by atomic mass is 32.1. The number of hydrogen-bond acceptors (Lipinski definition) is 4. The summed E-state index contributed by atoms with van der Waals surface area (Å²) in [4.78, 5) is 6.32. The molecular formula is C14H18FN3S. The van der Waals surface area contributed by atoms with E-state index in [1.807, 2.05) is 30.9 Å². The van der Waals surface area contributed by atoms with Crippen LogP contribution in [0.15, 0.2) is 23.0 Å². The molecule has 19 heavy (non-hydrogen) atoms. The zero-order valence-electron chi connectivity index (χ0n) is 11.4. The van der Waals surface area contributed by atoms with E-state index in [0.29, 0.717) is 12.1 Å². The number of anilines is 1. The minimum Gasteiger partial charge on any atom is -0.368 e. The maximum atomic E-state index is 13.7. The molecule has 0 saturated carbocycles. The summed E-state index contributed by atoms with van der Waals surface area (Å²) in [5.41, 5.74) is 11.2. The van der Waals surface area contributed by atoms with Gasteiger partial charge >= 0.3 is 0 Å². The number of nitrogens with zero attached hydrogens (tertiary/aromatic N) is 2. The fourth-order valence-corrected chi connectivity index (χ4v) is 2.57. The summed E-state index contributed by atoms with van der Waals surface area (Å²) in [6, 6.07) is 3.18. The Bertz CT molecular complexity index is 552. The van der Waals surface area contributed by atoms with Crippen molar-refractivity contribution in [3.63, 3.8) is 0 Å². The van der Waals surface area contributed by atoms with E-state index in [0.717, 1.165) is 16.9 Å². The topological polar surface area (TPSA) is 42.2 Å². The maximum Gasteiger partial charge on any atom is 0.126 e. The van der Waals surface area contributed by atoms with Gasteiger partial charge in [-0.3, -0.25) is 0 Å². The van der Waals surface area contributed by atoms with Gasteiger partial charge in [-0.25, -0.2) is 9.37 Å². The fourth-order valence-electron chi connectivity index (χ4n) is 2.02. The van der Waals surface area contributed by atoms with E-state index >= 15 is 0 Å². The normalized spacial score (nSPS) is 12.5. The Labute approximate surface area is 116 Å². The van der Waals surface area contributed by atoms with Crippen LogP contribution in [0.1, 0.15) is 29.8 Å². The molecule has 0 spiro atoms. The predicted octanol–water partition coefficient (Wildman–Crippen LogP) is 3.25. The second-order valence-electron chi connectivity index (χ2n) is 4.78. The Morgan fingerprint density at radius 1 is 1.47 bits per heavy atom. The molecule has 2 aromatic rings. The highest BCUT2D eigenvalue weighted by molar-refractivity contribution is 7.07. The van der Waals surface area contributed by atoms with Gasteiger partial charge in [-0.2, -0.15) is 0 Å². The van der Waals surface area contributed by atoms with Crippen LogP contribution in [0, 0.1) is 12.7 Å². The number of rotatable bonds is 4. The fraction of sp³-hybridized carbons (Fsp3) is 0.357. The number of aryl methyl sites for hydroxylation is 1. The first-order chi connectivity index (χ1) is 8.99. The molecule has 1 aromatic heterocycles. The molecule has 102 valence electrons. The number of thiazole rings is 1. The molecule has 0 amide bonds. The zero-order valence-corrected chi connectivity index (χ0v) is 12.2. The molecule has 0 bridgehead atoms. The Morgan fingerprint density at radius 3 is 2.79 bits per heavy atom. The van der Waals surface area contributed by atoms with Crippen molar-refractivity contribution in [2.45, 2.75) is 26.4 Å². The lowest BCUT2D eigenvalue weighted by Gasteiger charge is -2.24. The lowest BCUT2D eigenvalue weighted by atomic mass is 10.0. The summed E-state index contributed by atoms with van der Waals surface area (Å²) >= 11 is 1.57. The summed E-state index contributed by atoms with van der Waals surface area (Å²) in [5, 5.41) is 2.01. The molecule has 1 aromatic carbocycles. The second kappa shape index (κ2) is 5.67. The Hall–Kier alpha value is -1.46. The molecule has 0 aliphatic carbocycles. The van der Waals surface area contributed by atoms with Gasteiger partial charge in [0.1, 0.15) is 5.82 Å². The molecule has 1 unspecified atom stereocenters. The van der Waals surface area contributed by atoms with E-state index < -0.39 is 0 Å². The first-order valence-corrected chi connectivity index (χ1v) is 7.07. The van der Waals surface area contributed by atoms with Crippen molar-refractivity contribution >= 4 is 17.0 Å². The molecule has 5 heteroatoms. The molecule has 1 heterocycles. The van der Waals surface area contributed by atoms with Crippen LogP contribution in [-0.2, 0) is 6.54 Å². The molecule has 0 aliphatic rings. The SMILES string of the molecule is Cc1cc(N(C)Cc2cscn2)c(C(C)N)cc1F. The molecule has 0 aliphatic heterocycles. The monoisotopic (exact) mass is 279 g/mol. The average Bonchev–Trinajstić information content (AvgIpc) is 2.84. The van der Waals surface area contributed by atoms with Gasteiger partial charge in [-0.05, 0) is 37.1 Å². The van der Waals surface area contributed by atoms with Crippen molar-refractivity contribution < 1.29 is 4.39 Å². The second-order valence-corrected chi connectivity index (χ2v) is 5.50. The average molecular weight is 279 g/mol. The lowest BCUT2D eigenvalue weighted by Crippen LogP contribution is -2.21. The van der Waals surface area contributed by atoms with Crippen LogP contribution in [0.3, 0.4) is 0 Å². The van der Waals surface area contributed by atoms with Crippen molar-refractivity contribution in [3.05, 3.63) is 45.7 Å². The summed E-state index contributed by atoms with van der Waals surface area (Å²) in [7, 11) is 1.97. The standard InChI is InChI=1S/C14H18FN3S/c1-9-4-14(12(10(2)16)5-13(9)15)18(3)6-11-7-19-8-17-11/h4-5,7-8,10H,6,16H2,1-3H3. The van der Waals surface area contributed by atoms with Gasteiger partial charge in [0.05, 0.1) is 17.7 Å². The van der Waals surface area contributed by atoms with Crippen LogP contribution >= 0.6 is 11.3 Å². The van der Waals surface area contributed by atoms with Gasteiger partial charge in [-0.15, -0.1) is 11.3 Å². The van der Waals surface area contributed by atoms with Crippen LogP contribution in [-0.4, -0.2) is 12.0 Å². The van der Waals surface area contributed by atoms with Crippen molar-refractivity contribution in [2.24, 2.45) is 5.73 Å². The first kappa shape index (κ1) is 14.0. The molecule has 0 radical (unpaired) electrons. The first-order valence-electron chi connectivity index (χ1n) is 6.13. The molecule has 2 rings (SSSR count). The van der Waals surface area contributed by atoms with Crippen LogP contribution in [0.2, 0.25) is 0 Å². The highest BCUT2D eigenvalue weighted by Crippen LogP contribution is 2.28. The number of aromatic nitrogens is 1. The zero-order chi connectivity index (χ0) is 14.0. The largest absolute Gasteiger partial charge is 0.368 e. The van der Waals surface area contributed by atoms with Crippen LogP contribution in [0.25, 0.3) is 0 Å². The van der Waals surface area contributed by atoms with Crippen molar-refractivity contribution in [1.82, 2.24) is 4.98 Å². The molecule has 0 fully saturated rings. The smallest absolute Gasteiger partial charge is 0.126 e. The third-order valence-corrected chi connectivity index (χ3v) is 3.73. The van der Waals surface area contributed by atoms with Gasteiger partial charge in [0, 0.05) is 24.2 Å².